The van der Waals surface area contributed by atoms with Crippen LogP contribution in [0.1, 0.15) is 11.1 Å². The molecule has 7 heteroatoms. The van der Waals surface area contributed by atoms with Crippen molar-refractivity contribution in [3.63, 3.8) is 0 Å². The number of nitrogens with one attached hydrogen (secondary N) is 2. The average Bonchev–Trinajstić information content (AvgIpc) is 2.78. The second-order valence-electron chi connectivity index (χ2n) is 7.06. The third kappa shape index (κ3) is 6.85. The van der Waals surface area contributed by atoms with Gasteiger partial charge in [-0.1, -0.05) is 29.8 Å². The number of nitrogens with zero attached hydrogens (tertiary/aromatic N) is 1. The Kier molecular flexibility index (Phi) is 7.59. The van der Waals surface area contributed by atoms with E-state index in [-0.39, 0.29) is 12.5 Å². The van der Waals surface area contributed by atoms with Gasteiger partial charge >= 0.3 is 12.0 Å². The molecule has 7 nitrogen and oxygen atoms in total. The van der Waals surface area contributed by atoms with Crippen LogP contribution in [0.25, 0.3) is 0 Å². The van der Waals surface area contributed by atoms with E-state index < -0.39 is 11.9 Å². The van der Waals surface area contributed by atoms with E-state index in [1.165, 1.54) is 7.11 Å². The van der Waals surface area contributed by atoms with Gasteiger partial charge in [0.25, 0.3) is 0 Å². The molecule has 0 fully saturated rings. The van der Waals surface area contributed by atoms with E-state index in [1.54, 1.807) is 48.8 Å². The molecule has 0 saturated heterocycles. The van der Waals surface area contributed by atoms with Gasteiger partial charge in [-0.05, 0) is 55.3 Å². The van der Waals surface area contributed by atoms with Gasteiger partial charge in [0, 0.05) is 18.4 Å². The van der Waals surface area contributed by atoms with E-state index >= 15 is 0 Å². The van der Waals surface area contributed by atoms with Crippen molar-refractivity contribution in [2.45, 2.75) is 13.3 Å². The molecule has 3 rings (SSSR count). The number of aromatic nitrogens is 1. The Balaban J connectivity index is 1.53. The van der Waals surface area contributed by atoms with Gasteiger partial charge < -0.3 is 20.1 Å². The number of rotatable bonds is 8. The number of aryl methyl sites for hydroxylation is 1. The fourth-order valence-corrected chi connectivity index (χ4v) is 3.07. The molecule has 0 radical (unpaired) electrons. The van der Waals surface area contributed by atoms with Crippen LogP contribution in [-0.4, -0.2) is 30.6 Å². The van der Waals surface area contributed by atoms with Crippen molar-refractivity contribution >= 4 is 17.7 Å². The van der Waals surface area contributed by atoms with E-state index in [2.05, 4.69) is 15.6 Å². The smallest absolute Gasteiger partial charge is 0.319 e. The molecule has 0 aliphatic carbocycles. The molecule has 0 aliphatic heterocycles. The summed E-state index contributed by atoms with van der Waals surface area (Å²) in [5, 5.41) is 5.49. The maximum Gasteiger partial charge on any atom is 0.319 e. The Morgan fingerprint density at radius 1 is 1.03 bits per heavy atom. The average molecular weight is 419 g/mol. The van der Waals surface area contributed by atoms with Crippen LogP contribution in [0.4, 0.5) is 10.5 Å². The van der Waals surface area contributed by atoms with Crippen LogP contribution in [0.3, 0.4) is 0 Å². The van der Waals surface area contributed by atoms with Crippen LogP contribution in [0.5, 0.6) is 11.5 Å². The first-order valence-corrected chi connectivity index (χ1v) is 9.89. The fraction of sp³-hybridized carbons (Fsp3) is 0.208. The number of pyridine rings is 1. The summed E-state index contributed by atoms with van der Waals surface area (Å²) in [6.07, 6.45) is 3.77. The molecule has 0 bridgehead atoms. The summed E-state index contributed by atoms with van der Waals surface area (Å²) < 4.78 is 10.6. The monoisotopic (exact) mass is 419 g/mol. The first-order chi connectivity index (χ1) is 15.0. The Hall–Kier alpha value is -3.87. The van der Waals surface area contributed by atoms with Crippen LogP contribution in [-0.2, 0) is 16.0 Å². The molecule has 0 aliphatic rings. The third-order valence-corrected chi connectivity index (χ3v) is 4.59. The van der Waals surface area contributed by atoms with Crippen LogP contribution in [0, 0.1) is 12.8 Å². The first kappa shape index (κ1) is 21.8. The molecule has 31 heavy (non-hydrogen) atoms. The van der Waals surface area contributed by atoms with Gasteiger partial charge in [-0.2, -0.15) is 0 Å². The lowest BCUT2D eigenvalue weighted by atomic mass is 9.98. The third-order valence-electron chi connectivity index (χ3n) is 4.59. The molecule has 1 atom stereocenters. The largest absolute Gasteiger partial charge is 0.469 e. The van der Waals surface area contributed by atoms with Gasteiger partial charge in [-0.3, -0.25) is 9.78 Å². The Labute approximate surface area is 181 Å². The number of amides is 2. The summed E-state index contributed by atoms with van der Waals surface area (Å²) in [7, 11) is 1.35. The molecule has 2 aromatic carbocycles. The summed E-state index contributed by atoms with van der Waals surface area (Å²) in [4.78, 5) is 28.4. The van der Waals surface area contributed by atoms with Gasteiger partial charge in [0.2, 0.25) is 0 Å². The minimum Gasteiger partial charge on any atom is -0.469 e. The molecule has 1 aromatic heterocycles. The number of ether oxygens (including phenoxy) is 2. The standard InChI is InChI=1S/C24H25N3O4/c1-17-5-3-6-18(13-17)14-19(23(28)30-2)15-26-24(29)27-20-8-10-21(11-9-20)31-22-7-4-12-25-16-22/h3-13,16,19H,14-15H2,1-2H3,(H2,26,27,29). The van der Waals surface area contributed by atoms with Crippen LogP contribution in [0.15, 0.2) is 73.1 Å². The zero-order valence-corrected chi connectivity index (χ0v) is 17.5. The number of urea groups is 1. The highest BCUT2D eigenvalue weighted by atomic mass is 16.5. The number of hydrogen-bond acceptors (Lipinski definition) is 5. The van der Waals surface area contributed by atoms with Gasteiger partial charge in [0.1, 0.15) is 11.5 Å². The quantitative estimate of drug-likeness (QED) is 0.530. The molecule has 1 heterocycles. The van der Waals surface area contributed by atoms with E-state index in [0.29, 0.717) is 23.6 Å². The van der Waals surface area contributed by atoms with Crippen LogP contribution < -0.4 is 15.4 Å². The molecule has 2 N–H and O–H groups in total. The van der Waals surface area contributed by atoms with Crippen molar-refractivity contribution < 1.29 is 19.1 Å². The van der Waals surface area contributed by atoms with Crippen molar-refractivity contribution in [1.82, 2.24) is 10.3 Å². The van der Waals surface area contributed by atoms with Gasteiger partial charge in [-0.25, -0.2) is 4.79 Å². The highest BCUT2D eigenvalue weighted by molar-refractivity contribution is 5.89. The summed E-state index contributed by atoms with van der Waals surface area (Å²) in [5.41, 5.74) is 2.73. The minimum atomic E-state index is -0.479. The lowest BCUT2D eigenvalue weighted by Crippen LogP contribution is -2.37. The molecular formula is C24H25N3O4. The zero-order chi connectivity index (χ0) is 22.1. The van der Waals surface area contributed by atoms with Gasteiger partial charge in [-0.15, -0.1) is 0 Å². The Morgan fingerprint density at radius 3 is 2.52 bits per heavy atom. The molecule has 0 saturated carbocycles. The van der Waals surface area contributed by atoms with E-state index in [0.717, 1.165) is 11.1 Å². The number of anilines is 1. The van der Waals surface area contributed by atoms with Crippen molar-refractivity contribution in [2.75, 3.05) is 19.0 Å². The van der Waals surface area contributed by atoms with Crippen molar-refractivity contribution in [1.29, 1.82) is 0 Å². The first-order valence-electron chi connectivity index (χ1n) is 9.89. The fourth-order valence-electron chi connectivity index (χ4n) is 3.07. The molecule has 3 aromatic rings. The predicted molar refractivity (Wildman–Crippen MR) is 118 cm³/mol. The van der Waals surface area contributed by atoms with Crippen molar-refractivity contribution in [2.24, 2.45) is 5.92 Å². The summed E-state index contributed by atoms with van der Waals surface area (Å²) in [6.45, 7) is 2.16. The number of esters is 1. The summed E-state index contributed by atoms with van der Waals surface area (Å²) >= 11 is 0. The van der Waals surface area contributed by atoms with Crippen molar-refractivity contribution in [3.05, 3.63) is 84.2 Å². The molecular weight excluding hydrogens is 394 g/mol. The van der Waals surface area contributed by atoms with Crippen LogP contribution >= 0.6 is 0 Å². The van der Waals surface area contributed by atoms with Crippen molar-refractivity contribution in [3.8, 4) is 11.5 Å². The number of carbonyl (C=O) groups excluding carboxylic acids is 2. The van der Waals surface area contributed by atoms with Gasteiger partial charge in [0.05, 0.1) is 19.2 Å². The maximum absolute atomic E-state index is 12.3. The van der Waals surface area contributed by atoms with E-state index in [4.69, 9.17) is 9.47 Å². The number of methoxy groups -OCH3 is 1. The molecule has 1 unspecified atom stereocenters. The molecule has 2 amide bonds. The topological polar surface area (TPSA) is 89.5 Å². The van der Waals surface area contributed by atoms with E-state index in [9.17, 15) is 9.59 Å². The molecule has 0 spiro atoms. The number of hydrogen-bond donors (Lipinski definition) is 2. The maximum atomic E-state index is 12.3. The Bertz CT molecular complexity index is 1010. The summed E-state index contributed by atoms with van der Waals surface area (Å²) in [6, 6.07) is 18.1. The Morgan fingerprint density at radius 2 is 1.84 bits per heavy atom. The highest BCUT2D eigenvalue weighted by Crippen LogP contribution is 2.22. The normalized spacial score (nSPS) is 11.3. The number of benzene rings is 2. The second kappa shape index (κ2) is 10.8. The number of carbonyl (C=O) groups is 2. The summed E-state index contributed by atoms with van der Waals surface area (Å²) in [5.74, 6) is 0.415. The predicted octanol–water partition coefficient (Wildman–Crippen LogP) is 4.34. The SMILES string of the molecule is COC(=O)C(CNC(=O)Nc1ccc(Oc2cccnc2)cc1)Cc1cccc(C)c1. The highest BCUT2D eigenvalue weighted by Gasteiger charge is 2.20. The lowest BCUT2D eigenvalue weighted by molar-refractivity contribution is -0.145. The molecule has 160 valence electrons. The van der Waals surface area contributed by atoms with Gasteiger partial charge in [0.15, 0.2) is 0 Å². The zero-order valence-electron chi connectivity index (χ0n) is 17.5. The second-order valence-corrected chi connectivity index (χ2v) is 7.06. The minimum absolute atomic E-state index is 0.161. The lowest BCUT2D eigenvalue weighted by Gasteiger charge is -2.16. The van der Waals surface area contributed by atoms with Crippen LogP contribution in [0.2, 0.25) is 0 Å². The van der Waals surface area contributed by atoms with E-state index in [1.807, 2.05) is 31.2 Å².